The van der Waals surface area contributed by atoms with Gasteiger partial charge in [-0.3, -0.25) is 24.4 Å². The summed E-state index contributed by atoms with van der Waals surface area (Å²) in [5, 5.41) is 21.8. The Kier molecular flexibility index (Phi) is 9.70. The molecule has 236 valence electrons. The Labute approximate surface area is 239 Å². The van der Waals surface area contributed by atoms with E-state index >= 15 is 0 Å². The molecule has 1 aromatic carbocycles. The molecule has 0 radical (unpaired) electrons. The number of phosphoric acid groups is 3. The normalized spacial score (nSPS) is 21.9. The van der Waals surface area contributed by atoms with Gasteiger partial charge in [0.2, 0.25) is 5.95 Å². The number of nitro groups is 1. The molecule has 3 aromatic rings. The van der Waals surface area contributed by atoms with E-state index in [4.69, 9.17) is 25.0 Å². The molecule has 2 aromatic heterocycles. The molecule has 24 heteroatoms. The Hall–Kier alpha value is -2.87. The zero-order valence-corrected chi connectivity index (χ0v) is 24.1. The fourth-order valence-corrected chi connectivity index (χ4v) is 7.20. The van der Waals surface area contributed by atoms with E-state index < -0.39 is 59.0 Å². The molecule has 4 rings (SSSR count). The van der Waals surface area contributed by atoms with Crippen LogP contribution in [0.3, 0.4) is 0 Å². The summed E-state index contributed by atoms with van der Waals surface area (Å²) in [6.45, 7) is -1.30. The number of nitrogen functional groups attached to an aromatic ring is 1. The van der Waals surface area contributed by atoms with Gasteiger partial charge in [-0.1, -0.05) is 12.1 Å². The summed E-state index contributed by atoms with van der Waals surface area (Å²) in [5.74, 6) is -0.257. The van der Waals surface area contributed by atoms with E-state index in [1.165, 1.54) is 29.0 Å². The van der Waals surface area contributed by atoms with E-state index in [-0.39, 0.29) is 53.4 Å². The second-order valence-electron chi connectivity index (χ2n) is 8.91. The number of ether oxygens (including phenoxy) is 2. The van der Waals surface area contributed by atoms with Crippen molar-refractivity contribution in [2.24, 2.45) is 0 Å². The summed E-state index contributed by atoms with van der Waals surface area (Å²) >= 11 is 0. The van der Waals surface area contributed by atoms with Crippen molar-refractivity contribution < 1.29 is 65.9 Å². The molecule has 3 heterocycles. The number of anilines is 1. The van der Waals surface area contributed by atoms with Gasteiger partial charge >= 0.3 is 23.5 Å². The Morgan fingerprint density at radius 3 is 2.47 bits per heavy atom. The summed E-state index contributed by atoms with van der Waals surface area (Å²) in [6.07, 6.45) is -2.56. The van der Waals surface area contributed by atoms with Gasteiger partial charge in [-0.25, -0.2) is 13.7 Å². The fraction of sp³-hybridized carbons (Fsp3) is 0.368. The summed E-state index contributed by atoms with van der Waals surface area (Å²) in [4.78, 5) is 66.1. The van der Waals surface area contributed by atoms with Gasteiger partial charge < -0.3 is 44.5 Å². The monoisotopic (exact) mass is 671 g/mol. The van der Waals surface area contributed by atoms with Crippen LogP contribution in [0.2, 0.25) is 0 Å². The van der Waals surface area contributed by atoms with Gasteiger partial charge in [0.1, 0.15) is 12.3 Å². The lowest BCUT2D eigenvalue weighted by atomic mass is 10.2. The molecule has 5 atom stereocenters. The average Bonchev–Trinajstić information content (AvgIpc) is 3.40. The van der Waals surface area contributed by atoms with Crippen LogP contribution in [0.1, 0.15) is 23.8 Å². The summed E-state index contributed by atoms with van der Waals surface area (Å²) in [7, 11) is -16.8. The van der Waals surface area contributed by atoms with Gasteiger partial charge in [-0.05, 0) is 6.07 Å². The van der Waals surface area contributed by atoms with E-state index in [1.807, 2.05) is 0 Å². The standard InChI is InChI=1S/C19H24N5O16P3/c20-19-21-17-16(18(26)22-19)11(8-36-7-10-3-1-2-4-12(10)24(27)28)6-23(17)15-5-13(25)14(38-15)9-37-42(32,33)40-43(34,35)39-41(29,30)31/h1-4,6,13-15,25H,5,7-9H2,(H,32,33)(H,34,35)(H2,29,30,31)(H3,20,21,22,26)/t13?,14-,15-/m1/s1. The minimum Gasteiger partial charge on any atom is -0.390 e. The van der Waals surface area contributed by atoms with Crippen molar-refractivity contribution in [3.8, 4) is 0 Å². The van der Waals surface area contributed by atoms with E-state index in [0.717, 1.165) is 0 Å². The molecular weight excluding hydrogens is 647 g/mol. The van der Waals surface area contributed by atoms with Crippen molar-refractivity contribution in [2.75, 3.05) is 12.3 Å². The highest BCUT2D eigenvalue weighted by Crippen LogP contribution is 2.66. The van der Waals surface area contributed by atoms with Gasteiger partial charge in [0, 0.05) is 24.2 Å². The number of aliphatic hydroxyl groups excluding tert-OH is 1. The van der Waals surface area contributed by atoms with Crippen LogP contribution in [-0.4, -0.2) is 63.0 Å². The smallest absolute Gasteiger partial charge is 0.390 e. The molecule has 3 unspecified atom stereocenters. The number of hydrogen-bond acceptors (Lipinski definition) is 14. The number of nitrogens with two attached hydrogens (primary N) is 1. The molecule has 1 aliphatic rings. The number of H-pyrrole nitrogens is 1. The second kappa shape index (κ2) is 12.6. The van der Waals surface area contributed by atoms with Gasteiger partial charge in [0.15, 0.2) is 5.65 Å². The predicted octanol–water partition coefficient (Wildman–Crippen LogP) is 0.923. The van der Waals surface area contributed by atoms with Crippen molar-refractivity contribution in [3.05, 3.63) is 62.1 Å². The number of phosphoric ester groups is 1. The number of aromatic amines is 1. The number of nitrogens with zero attached hydrogens (tertiary/aromatic N) is 3. The number of aliphatic hydroxyl groups is 1. The fourth-order valence-electron chi connectivity index (χ4n) is 4.17. The number of benzene rings is 1. The van der Waals surface area contributed by atoms with Crippen LogP contribution in [0.4, 0.5) is 11.6 Å². The minimum absolute atomic E-state index is 0.0104. The molecular formula is C19H24N5O16P3. The topological polar surface area (TPSA) is 318 Å². The van der Waals surface area contributed by atoms with Crippen molar-refractivity contribution in [1.82, 2.24) is 14.5 Å². The van der Waals surface area contributed by atoms with Crippen molar-refractivity contribution in [1.29, 1.82) is 0 Å². The van der Waals surface area contributed by atoms with Gasteiger partial charge in [-0.2, -0.15) is 13.6 Å². The number of aromatic nitrogens is 3. The number of hydrogen-bond donors (Lipinski definition) is 7. The number of nitro benzene ring substituents is 1. The first-order valence-electron chi connectivity index (χ1n) is 11.8. The minimum atomic E-state index is -5.75. The predicted molar refractivity (Wildman–Crippen MR) is 141 cm³/mol. The molecule has 1 aliphatic heterocycles. The van der Waals surface area contributed by atoms with Crippen LogP contribution in [0.25, 0.3) is 11.0 Å². The summed E-state index contributed by atoms with van der Waals surface area (Å²) in [6, 6.07) is 5.91. The lowest BCUT2D eigenvalue weighted by molar-refractivity contribution is -0.386. The third kappa shape index (κ3) is 8.40. The molecule has 0 amide bonds. The lowest BCUT2D eigenvalue weighted by Gasteiger charge is -2.19. The third-order valence-corrected chi connectivity index (χ3v) is 9.62. The largest absolute Gasteiger partial charge is 0.490 e. The van der Waals surface area contributed by atoms with Crippen LogP contribution in [0.5, 0.6) is 0 Å². The molecule has 21 nitrogen and oxygen atoms in total. The van der Waals surface area contributed by atoms with Crippen LogP contribution in [0.15, 0.2) is 35.3 Å². The Bertz CT molecular complexity index is 1720. The van der Waals surface area contributed by atoms with Gasteiger partial charge in [0.05, 0.1) is 41.8 Å². The molecule has 0 saturated carbocycles. The number of nitrogens with one attached hydrogen (secondary N) is 1. The van der Waals surface area contributed by atoms with Crippen LogP contribution in [0, 0.1) is 10.1 Å². The second-order valence-corrected chi connectivity index (χ2v) is 13.3. The SMILES string of the molecule is Nc1nc2c(c(COCc3ccccc3[N+](=O)[O-])cn2[C@H]2CC(O)[C@@H](COP(=O)(O)OP(=O)(O)OP(=O)(O)O)O2)c(=O)[nH]1. The first kappa shape index (κ1) is 33.0. The first-order chi connectivity index (χ1) is 19.9. The van der Waals surface area contributed by atoms with E-state index in [1.54, 1.807) is 6.07 Å². The van der Waals surface area contributed by atoms with E-state index in [9.17, 15) is 43.5 Å². The van der Waals surface area contributed by atoms with Crippen molar-refractivity contribution >= 4 is 46.1 Å². The Balaban J connectivity index is 1.49. The first-order valence-corrected chi connectivity index (χ1v) is 16.3. The summed E-state index contributed by atoms with van der Waals surface area (Å²) in [5.41, 5.74) is 5.47. The average molecular weight is 671 g/mol. The van der Waals surface area contributed by atoms with Crippen LogP contribution in [-0.2, 0) is 49.5 Å². The zero-order chi connectivity index (χ0) is 31.7. The van der Waals surface area contributed by atoms with E-state index in [2.05, 4.69) is 23.1 Å². The molecule has 43 heavy (non-hydrogen) atoms. The highest BCUT2D eigenvalue weighted by molar-refractivity contribution is 7.66. The van der Waals surface area contributed by atoms with Crippen LogP contribution >= 0.6 is 23.5 Å². The Morgan fingerprint density at radius 1 is 1.12 bits per heavy atom. The quantitative estimate of drug-likeness (QED) is 0.0754. The maximum atomic E-state index is 12.7. The number of para-hydroxylation sites is 1. The van der Waals surface area contributed by atoms with Crippen molar-refractivity contribution in [3.63, 3.8) is 0 Å². The number of fused-ring (bicyclic) bond motifs is 1. The molecule has 8 N–H and O–H groups in total. The number of rotatable bonds is 13. The van der Waals surface area contributed by atoms with Crippen LogP contribution < -0.4 is 11.3 Å². The highest BCUT2D eigenvalue weighted by Gasteiger charge is 2.43. The molecule has 0 bridgehead atoms. The van der Waals surface area contributed by atoms with Gasteiger partial charge in [0.25, 0.3) is 11.2 Å². The molecule has 1 fully saturated rings. The maximum Gasteiger partial charge on any atom is 0.490 e. The zero-order valence-electron chi connectivity index (χ0n) is 21.4. The van der Waals surface area contributed by atoms with Gasteiger partial charge in [-0.15, -0.1) is 0 Å². The van der Waals surface area contributed by atoms with Crippen molar-refractivity contribution in [2.45, 2.75) is 38.1 Å². The molecule has 0 spiro atoms. The maximum absolute atomic E-state index is 12.7. The summed E-state index contributed by atoms with van der Waals surface area (Å²) < 4.78 is 58.8. The lowest BCUT2D eigenvalue weighted by Crippen LogP contribution is -2.26. The highest BCUT2D eigenvalue weighted by atomic mass is 31.3. The van der Waals surface area contributed by atoms with E-state index in [0.29, 0.717) is 0 Å². The molecule has 0 aliphatic carbocycles. The Morgan fingerprint density at radius 2 is 1.79 bits per heavy atom. The molecule has 1 saturated heterocycles. The third-order valence-electron chi connectivity index (χ3n) is 5.81.